The Bertz CT molecular complexity index is 355. The van der Waals surface area contributed by atoms with E-state index >= 15 is 0 Å². The number of hydrogen-bond donors (Lipinski definition) is 1. The van der Waals surface area contributed by atoms with Crippen LogP contribution in [-0.4, -0.2) is 23.0 Å². The highest BCUT2D eigenvalue weighted by atomic mass is 32.2. The lowest BCUT2D eigenvalue weighted by Gasteiger charge is -2.11. The average molecular weight is 264 g/mol. The maximum atomic E-state index is 12.4. The molecule has 6 heteroatoms. The van der Waals surface area contributed by atoms with Crippen molar-refractivity contribution in [1.29, 1.82) is 0 Å². The van der Waals surface area contributed by atoms with Gasteiger partial charge in [-0.05, 0) is 24.8 Å². The van der Waals surface area contributed by atoms with Gasteiger partial charge in [0, 0.05) is 11.8 Å². The Labute approximate surface area is 103 Å². The topological polar surface area (TPSA) is 24.9 Å². The molecule has 1 atom stereocenters. The minimum Gasteiger partial charge on any atom is -0.370 e. The summed E-state index contributed by atoms with van der Waals surface area (Å²) in [4.78, 5) is 3.52. The first-order valence-electron chi connectivity index (χ1n) is 5.24. The number of hydrogen-bond acceptors (Lipinski definition) is 3. The third-order valence-electron chi connectivity index (χ3n) is 2.30. The first-order valence-corrected chi connectivity index (χ1v) is 6.53. The Morgan fingerprint density at radius 2 is 2.12 bits per heavy atom. The highest BCUT2D eigenvalue weighted by Crippen LogP contribution is 2.28. The molecule has 0 fully saturated rings. The molecule has 0 spiro atoms. The minimum absolute atomic E-state index is 0.271. The lowest BCUT2D eigenvalue weighted by atomic mass is 10.3. The predicted molar refractivity (Wildman–Crippen MR) is 65.3 cm³/mol. The summed E-state index contributed by atoms with van der Waals surface area (Å²) in [6.45, 7) is 2.70. The van der Waals surface area contributed by atoms with Gasteiger partial charge in [-0.25, -0.2) is 4.98 Å². The molecule has 0 bridgehead atoms. The molecular formula is C11H15F3N2S. The Balaban J connectivity index is 2.55. The summed E-state index contributed by atoms with van der Waals surface area (Å²) in [6, 6.07) is 3.87. The Hall–Kier alpha value is -0.910. The van der Waals surface area contributed by atoms with E-state index in [1.54, 1.807) is 17.8 Å². The summed E-state index contributed by atoms with van der Waals surface area (Å²) < 4.78 is 37.1. The molecule has 0 aliphatic heterocycles. The number of thioether (sulfide) groups is 1. The Morgan fingerprint density at radius 3 is 2.71 bits per heavy atom. The van der Waals surface area contributed by atoms with Crippen molar-refractivity contribution >= 4 is 17.6 Å². The van der Waals surface area contributed by atoms with E-state index < -0.39 is 11.9 Å². The number of aromatic nitrogens is 1. The van der Waals surface area contributed by atoms with Gasteiger partial charge in [-0.1, -0.05) is 13.0 Å². The van der Waals surface area contributed by atoms with Crippen LogP contribution in [0.3, 0.4) is 0 Å². The van der Waals surface area contributed by atoms with Gasteiger partial charge in [-0.3, -0.25) is 0 Å². The number of nitrogens with one attached hydrogen (secondary N) is 1. The van der Waals surface area contributed by atoms with Crippen LogP contribution in [0.2, 0.25) is 0 Å². The van der Waals surface area contributed by atoms with Crippen LogP contribution >= 0.6 is 11.8 Å². The summed E-state index contributed by atoms with van der Waals surface area (Å²) in [5.74, 6) is 0.271. The number of pyridine rings is 1. The molecule has 0 amide bonds. The van der Waals surface area contributed by atoms with Gasteiger partial charge in [0.2, 0.25) is 0 Å². The first kappa shape index (κ1) is 14.2. The highest BCUT2D eigenvalue weighted by Gasteiger charge is 2.32. The molecule has 0 aliphatic carbocycles. The minimum atomic E-state index is -4.38. The summed E-state index contributed by atoms with van der Waals surface area (Å²) in [5.41, 5.74) is -0.861. The fourth-order valence-corrected chi connectivity index (χ4v) is 1.57. The lowest BCUT2D eigenvalue weighted by Crippen LogP contribution is -2.12. The molecular weight excluding hydrogens is 249 g/mol. The van der Waals surface area contributed by atoms with Crippen LogP contribution < -0.4 is 5.32 Å². The zero-order valence-electron chi connectivity index (χ0n) is 9.71. The van der Waals surface area contributed by atoms with E-state index in [2.05, 4.69) is 17.2 Å². The van der Waals surface area contributed by atoms with E-state index in [0.29, 0.717) is 11.8 Å². The quantitative estimate of drug-likeness (QED) is 0.878. The zero-order chi connectivity index (χ0) is 12.9. The van der Waals surface area contributed by atoms with Gasteiger partial charge in [0.1, 0.15) is 11.5 Å². The van der Waals surface area contributed by atoms with Gasteiger partial charge < -0.3 is 5.32 Å². The molecule has 96 valence electrons. The molecule has 1 unspecified atom stereocenters. The third-order valence-corrected chi connectivity index (χ3v) is 3.34. The van der Waals surface area contributed by atoms with Gasteiger partial charge in [0.15, 0.2) is 0 Å². The molecule has 1 aromatic heterocycles. The van der Waals surface area contributed by atoms with Crippen molar-refractivity contribution in [2.75, 3.05) is 18.1 Å². The molecule has 0 aliphatic rings. The number of rotatable bonds is 5. The number of anilines is 1. The molecule has 2 nitrogen and oxygen atoms in total. The normalized spacial score (nSPS) is 13.5. The molecule has 1 heterocycles. The van der Waals surface area contributed by atoms with Crippen LogP contribution in [0.25, 0.3) is 0 Å². The first-order chi connectivity index (χ1) is 7.93. The van der Waals surface area contributed by atoms with Crippen molar-refractivity contribution in [1.82, 2.24) is 4.98 Å². The largest absolute Gasteiger partial charge is 0.433 e. The van der Waals surface area contributed by atoms with Crippen molar-refractivity contribution in [3.05, 3.63) is 23.9 Å². The maximum Gasteiger partial charge on any atom is 0.433 e. The SMILES string of the molecule is CSC(C)CCNc1cccc(C(F)(F)F)n1. The molecule has 1 rings (SSSR count). The summed E-state index contributed by atoms with van der Waals surface area (Å²) in [7, 11) is 0. The Kier molecular flexibility index (Phi) is 5.11. The average Bonchev–Trinajstić information content (AvgIpc) is 2.28. The fourth-order valence-electron chi connectivity index (χ4n) is 1.21. The van der Waals surface area contributed by atoms with E-state index in [1.807, 2.05) is 6.26 Å². The molecule has 1 aromatic rings. The van der Waals surface area contributed by atoms with Crippen LogP contribution in [0.4, 0.5) is 19.0 Å². The third kappa shape index (κ3) is 4.85. The van der Waals surface area contributed by atoms with E-state index in [1.165, 1.54) is 6.07 Å². The number of alkyl halides is 3. The Morgan fingerprint density at radius 1 is 1.41 bits per heavy atom. The van der Waals surface area contributed by atoms with E-state index in [4.69, 9.17) is 0 Å². The van der Waals surface area contributed by atoms with Crippen molar-refractivity contribution in [3.63, 3.8) is 0 Å². The van der Waals surface area contributed by atoms with Gasteiger partial charge in [-0.2, -0.15) is 24.9 Å². The molecule has 0 saturated heterocycles. The smallest absolute Gasteiger partial charge is 0.370 e. The van der Waals surface area contributed by atoms with Gasteiger partial charge in [0.25, 0.3) is 0 Å². The van der Waals surface area contributed by atoms with Crippen LogP contribution in [-0.2, 0) is 6.18 Å². The summed E-state index contributed by atoms with van der Waals surface area (Å²) in [6.07, 6.45) is -1.49. The predicted octanol–water partition coefficient (Wildman–Crippen LogP) is 3.65. The van der Waals surface area contributed by atoms with Gasteiger partial charge in [-0.15, -0.1) is 0 Å². The standard InChI is InChI=1S/C11H15F3N2S/c1-8(17-2)6-7-15-10-5-3-4-9(16-10)11(12,13)14/h3-5,8H,6-7H2,1-2H3,(H,15,16). The van der Waals surface area contributed by atoms with Crippen LogP contribution in [0.5, 0.6) is 0 Å². The van der Waals surface area contributed by atoms with Crippen LogP contribution in [0, 0.1) is 0 Å². The molecule has 1 N–H and O–H groups in total. The number of nitrogens with zero attached hydrogens (tertiary/aromatic N) is 1. The van der Waals surface area contributed by atoms with Crippen molar-refractivity contribution < 1.29 is 13.2 Å². The van der Waals surface area contributed by atoms with Crippen LogP contribution in [0.1, 0.15) is 19.0 Å². The maximum absolute atomic E-state index is 12.4. The van der Waals surface area contributed by atoms with Crippen molar-refractivity contribution in [2.24, 2.45) is 0 Å². The van der Waals surface area contributed by atoms with Crippen molar-refractivity contribution in [2.45, 2.75) is 24.8 Å². The monoisotopic (exact) mass is 264 g/mol. The van der Waals surface area contributed by atoms with Crippen molar-refractivity contribution in [3.8, 4) is 0 Å². The highest BCUT2D eigenvalue weighted by molar-refractivity contribution is 7.99. The van der Waals surface area contributed by atoms with Crippen LogP contribution in [0.15, 0.2) is 18.2 Å². The zero-order valence-corrected chi connectivity index (χ0v) is 10.5. The van der Waals surface area contributed by atoms with E-state index in [0.717, 1.165) is 12.5 Å². The second kappa shape index (κ2) is 6.14. The summed E-state index contributed by atoms with van der Waals surface area (Å²) in [5, 5.41) is 3.38. The molecule has 0 radical (unpaired) electrons. The second-order valence-electron chi connectivity index (χ2n) is 3.67. The van der Waals surface area contributed by atoms with E-state index in [9.17, 15) is 13.2 Å². The number of halogens is 3. The summed E-state index contributed by atoms with van der Waals surface area (Å²) >= 11 is 1.73. The second-order valence-corrected chi connectivity index (χ2v) is 4.94. The van der Waals surface area contributed by atoms with E-state index in [-0.39, 0.29) is 5.82 Å². The fraction of sp³-hybridized carbons (Fsp3) is 0.545. The lowest BCUT2D eigenvalue weighted by molar-refractivity contribution is -0.141. The van der Waals surface area contributed by atoms with Gasteiger partial charge >= 0.3 is 6.18 Å². The molecule has 17 heavy (non-hydrogen) atoms. The van der Waals surface area contributed by atoms with Gasteiger partial charge in [0.05, 0.1) is 0 Å². The molecule has 0 saturated carbocycles. The molecule has 0 aromatic carbocycles.